The molecule has 0 radical (unpaired) electrons. The van der Waals surface area contributed by atoms with Gasteiger partial charge in [-0.3, -0.25) is 9.59 Å². The number of carbonyl (C=O) groups excluding carboxylic acids is 2. The van der Waals surface area contributed by atoms with Gasteiger partial charge in [0.1, 0.15) is 13.1 Å². The summed E-state index contributed by atoms with van der Waals surface area (Å²) in [5, 5.41) is 8.88. The van der Waals surface area contributed by atoms with Gasteiger partial charge in [0.15, 0.2) is 0 Å². The lowest BCUT2D eigenvalue weighted by Gasteiger charge is -2.28. The second-order valence-corrected chi connectivity index (χ2v) is 4.82. The van der Waals surface area contributed by atoms with Crippen LogP contribution in [0.5, 0.6) is 0 Å². The number of hydrogen-bond donors (Lipinski definition) is 1. The summed E-state index contributed by atoms with van der Waals surface area (Å²) in [6.45, 7) is 3.97. The number of esters is 1. The Morgan fingerprint density at radius 1 is 1.15 bits per heavy atom. The van der Waals surface area contributed by atoms with E-state index >= 15 is 0 Å². The van der Waals surface area contributed by atoms with Crippen molar-refractivity contribution in [3.63, 3.8) is 0 Å². The molecule has 114 valence electrons. The van der Waals surface area contributed by atoms with Gasteiger partial charge in [-0.05, 0) is 32.6 Å². The molecule has 0 spiro atoms. The van der Waals surface area contributed by atoms with Gasteiger partial charge in [-0.1, -0.05) is 0 Å². The molecule has 0 saturated heterocycles. The first-order valence-corrected chi connectivity index (χ1v) is 6.89. The van der Waals surface area contributed by atoms with Gasteiger partial charge in [0.25, 0.3) is 0 Å². The SMILES string of the molecule is CCOC(=O)CN(CC)C(=O)N(CC(=O)O)CC1CC1. The largest absolute Gasteiger partial charge is 0.480 e. The van der Waals surface area contributed by atoms with Gasteiger partial charge < -0.3 is 19.6 Å². The Morgan fingerprint density at radius 3 is 2.25 bits per heavy atom. The highest BCUT2D eigenvalue weighted by Crippen LogP contribution is 2.29. The van der Waals surface area contributed by atoms with Crippen LogP contribution in [0.2, 0.25) is 0 Å². The Bertz CT molecular complexity index is 368. The Labute approximate surface area is 118 Å². The molecule has 1 aliphatic rings. The van der Waals surface area contributed by atoms with E-state index in [9.17, 15) is 14.4 Å². The Morgan fingerprint density at radius 2 is 1.80 bits per heavy atom. The predicted molar refractivity (Wildman–Crippen MR) is 71.2 cm³/mol. The quantitative estimate of drug-likeness (QED) is 0.666. The zero-order valence-corrected chi connectivity index (χ0v) is 12.0. The molecule has 0 heterocycles. The second kappa shape index (κ2) is 7.72. The molecule has 0 bridgehead atoms. The number of urea groups is 1. The maximum atomic E-state index is 12.3. The molecule has 1 rings (SSSR count). The van der Waals surface area contributed by atoms with Gasteiger partial charge in [0.2, 0.25) is 0 Å². The summed E-state index contributed by atoms with van der Waals surface area (Å²) in [5.74, 6) is -1.14. The summed E-state index contributed by atoms with van der Waals surface area (Å²) in [7, 11) is 0. The number of rotatable bonds is 8. The Hall–Kier alpha value is -1.79. The zero-order chi connectivity index (χ0) is 15.1. The predicted octanol–water partition coefficient (Wildman–Crippen LogP) is 0.788. The number of aliphatic carboxylic acids is 1. The van der Waals surface area contributed by atoms with Gasteiger partial charge >= 0.3 is 18.0 Å². The number of carbonyl (C=O) groups is 3. The summed E-state index contributed by atoms with van der Waals surface area (Å²) in [4.78, 5) is 37.2. The highest BCUT2D eigenvalue weighted by atomic mass is 16.5. The number of carboxylic acid groups (broad SMARTS) is 1. The Balaban J connectivity index is 2.62. The van der Waals surface area contributed by atoms with E-state index in [1.165, 1.54) is 9.80 Å². The first-order chi connectivity index (χ1) is 9.47. The maximum Gasteiger partial charge on any atom is 0.325 e. The van der Waals surface area contributed by atoms with E-state index in [-0.39, 0.29) is 19.7 Å². The van der Waals surface area contributed by atoms with Crippen LogP contribution in [0.4, 0.5) is 4.79 Å². The minimum Gasteiger partial charge on any atom is -0.480 e. The van der Waals surface area contributed by atoms with Crippen molar-refractivity contribution in [2.45, 2.75) is 26.7 Å². The number of hydrogen-bond acceptors (Lipinski definition) is 4. The molecular weight excluding hydrogens is 264 g/mol. The van der Waals surface area contributed by atoms with Crippen molar-refractivity contribution >= 4 is 18.0 Å². The van der Waals surface area contributed by atoms with E-state index in [1.54, 1.807) is 13.8 Å². The average molecular weight is 286 g/mol. The highest BCUT2D eigenvalue weighted by molar-refractivity contribution is 5.83. The normalized spacial score (nSPS) is 13.7. The summed E-state index contributed by atoms with van der Waals surface area (Å²) in [6, 6.07) is -0.421. The molecule has 2 amide bonds. The van der Waals surface area contributed by atoms with Crippen molar-refractivity contribution in [3.8, 4) is 0 Å². The summed E-state index contributed by atoms with van der Waals surface area (Å²) in [6.07, 6.45) is 2.04. The van der Waals surface area contributed by atoms with Crippen LogP contribution in [-0.4, -0.2) is 65.7 Å². The molecule has 7 nitrogen and oxygen atoms in total. The molecule has 1 aliphatic carbocycles. The molecular formula is C13H22N2O5. The highest BCUT2D eigenvalue weighted by Gasteiger charge is 2.30. The molecule has 1 saturated carbocycles. The fourth-order valence-electron chi connectivity index (χ4n) is 1.86. The van der Waals surface area contributed by atoms with Crippen LogP contribution in [0, 0.1) is 5.92 Å². The van der Waals surface area contributed by atoms with Crippen LogP contribution >= 0.6 is 0 Å². The standard InChI is InChI=1S/C13H22N2O5/c1-3-14(9-12(18)20-4-2)13(19)15(8-11(16)17)7-10-5-6-10/h10H,3-9H2,1-2H3,(H,16,17). The monoisotopic (exact) mass is 286 g/mol. The first-order valence-electron chi connectivity index (χ1n) is 6.89. The van der Waals surface area contributed by atoms with Crippen LogP contribution in [0.15, 0.2) is 0 Å². The third-order valence-electron chi connectivity index (χ3n) is 3.05. The van der Waals surface area contributed by atoms with Crippen LogP contribution in [0.3, 0.4) is 0 Å². The first kappa shape index (κ1) is 16.3. The number of ether oxygens (including phenoxy) is 1. The average Bonchev–Trinajstić information content (AvgIpc) is 3.18. The van der Waals surface area contributed by atoms with Crippen LogP contribution in [0.1, 0.15) is 26.7 Å². The van der Waals surface area contributed by atoms with Crippen molar-refractivity contribution in [2.75, 3.05) is 32.8 Å². The van der Waals surface area contributed by atoms with Crippen molar-refractivity contribution in [3.05, 3.63) is 0 Å². The summed E-state index contributed by atoms with van der Waals surface area (Å²) < 4.78 is 4.81. The fraction of sp³-hybridized carbons (Fsp3) is 0.769. The third kappa shape index (κ3) is 5.46. The smallest absolute Gasteiger partial charge is 0.325 e. The van der Waals surface area contributed by atoms with Crippen molar-refractivity contribution < 1.29 is 24.2 Å². The minimum atomic E-state index is -1.05. The van der Waals surface area contributed by atoms with E-state index in [0.717, 1.165) is 12.8 Å². The molecule has 0 aromatic heterocycles. The molecule has 0 unspecified atom stereocenters. The van der Waals surface area contributed by atoms with Gasteiger partial charge in [0, 0.05) is 13.1 Å². The van der Waals surface area contributed by atoms with E-state index in [4.69, 9.17) is 9.84 Å². The topological polar surface area (TPSA) is 87.2 Å². The summed E-state index contributed by atoms with van der Waals surface area (Å²) in [5.41, 5.74) is 0. The molecule has 20 heavy (non-hydrogen) atoms. The molecule has 1 fully saturated rings. The number of carboxylic acids is 1. The van der Waals surface area contributed by atoms with Gasteiger partial charge in [-0.15, -0.1) is 0 Å². The molecule has 0 aliphatic heterocycles. The van der Waals surface area contributed by atoms with Crippen molar-refractivity contribution in [2.24, 2.45) is 5.92 Å². The lowest BCUT2D eigenvalue weighted by Crippen LogP contribution is -2.48. The molecule has 7 heteroatoms. The third-order valence-corrected chi connectivity index (χ3v) is 3.05. The van der Waals surface area contributed by atoms with Crippen molar-refractivity contribution in [1.82, 2.24) is 9.80 Å². The van der Waals surface area contributed by atoms with Crippen molar-refractivity contribution in [1.29, 1.82) is 0 Å². The van der Waals surface area contributed by atoms with Crippen LogP contribution in [0.25, 0.3) is 0 Å². The molecule has 0 aromatic rings. The number of amides is 2. The van der Waals surface area contributed by atoms with Gasteiger partial charge in [-0.2, -0.15) is 0 Å². The molecule has 1 N–H and O–H groups in total. The van der Waals surface area contributed by atoms with Gasteiger partial charge in [-0.25, -0.2) is 4.79 Å². The van der Waals surface area contributed by atoms with Crippen LogP contribution in [-0.2, 0) is 14.3 Å². The fourth-order valence-corrected chi connectivity index (χ4v) is 1.86. The number of likely N-dealkylation sites (N-methyl/N-ethyl adjacent to an activating group) is 1. The maximum absolute atomic E-state index is 12.3. The zero-order valence-electron chi connectivity index (χ0n) is 12.0. The molecule has 0 atom stereocenters. The van der Waals surface area contributed by atoms with E-state index in [2.05, 4.69) is 0 Å². The number of nitrogens with zero attached hydrogens (tertiary/aromatic N) is 2. The van der Waals surface area contributed by atoms with E-state index < -0.39 is 18.0 Å². The second-order valence-electron chi connectivity index (χ2n) is 4.82. The van der Waals surface area contributed by atoms with Crippen LogP contribution < -0.4 is 0 Å². The van der Waals surface area contributed by atoms with E-state index in [1.807, 2.05) is 0 Å². The summed E-state index contributed by atoms with van der Waals surface area (Å²) >= 11 is 0. The van der Waals surface area contributed by atoms with E-state index in [0.29, 0.717) is 19.0 Å². The lowest BCUT2D eigenvalue weighted by molar-refractivity contribution is -0.143. The Kier molecular flexibility index (Phi) is 6.27. The van der Waals surface area contributed by atoms with Gasteiger partial charge in [0.05, 0.1) is 6.61 Å². The lowest BCUT2D eigenvalue weighted by atomic mass is 10.3. The minimum absolute atomic E-state index is 0.149. The molecule has 0 aromatic carbocycles.